The van der Waals surface area contributed by atoms with E-state index in [1.807, 2.05) is 6.07 Å². The Hall–Kier alpha value is -1.08. The van der Waals surface area contributed by atoms with E-state index in [0.29, 0.717) is 23.7 Å². The van der Waals surface area contributed by atoms with Crippen molar-refractivity contribution in [2.75, 3.05) is 6.61 Å². The number of hydrogen-bond donors (Lipinski definition) is 1. The molecule has 0 radical (unpaired) electrons. The normalized spacial score (nSPS) is 33.9. The first-order chi connectivity index (χ1) is 7.74. The number of aliphatic hydroxyl groups is 1. The maximum absolute atomic E-state index is 9.58. The summed E-state index contributed by atoms with van der Waals surface area (Å²) in [6.45, 7) is 4.71. The Labute approximate surface area is 97.8 Å². The second-order valence-electron chi connectivity index (χ2n) is 4.89. The van der Waals surface area contributed by atoms with Gasteiger partial charge >= 0.3 is 0 Å². The summed E-state index contributed by atoms with van der Waals surface area (Å²) in [5.74, 6) is 1.77. The van der Waals surface area contributed by atoms with E-state index in [4.69, 9.17) is 0 Å². The van der Waals surface area contributed by atoms with Crippen LogP contribution in [-0.4, -0.2) is 11.7 Å². The lowest BCUT2D eigenvalue weighted by Crippen LogP contribution is -2.30. The van der Waals surface area contributed by atoms with Gasteiger partial charge in [0.05, 0.1) is 0 Å². The van der Waals surface area contributed by atoms with Gasteiger partial charge in [0.1, 0.15) is 0 Å². The van der Waals surface area contributed by atoms with Crippen LogP contribution in [0.4, 0.5) is 0 Å². The summed E-state index contributed by atoms with van der Waals surface area (Å²) in [6.07, 6.45) is 4.53. The fourth-order valence-electron chi connectivity index (χ4n) is 2.84. The Morgan fingerprint density at radius 3 is 2.25 bits per heavy atom. The van der Waals surface area contributed by atoms with Crippen molar-refractivity contribution in [3.63, 3.8) is 0 Å². The molecular weight excluding hydrogens is 196 g/mol. The molecule has 0 amide bonds. The highest BCUT2D eigenvalue weighted by atomic mass is 16.3. The van der Waals surface area contributed by atoms with Gasteiger partial charge in [0.15, 0.2) is 0 Å². The second-order valence-corrected chi connectivity index (χ2v) is 4.89. The highest BCUT2D eigenvalue weighted by Gasteiger charge is 2.32. The second kappa shape index (κ2) is 4.84. The molecule has 0 aromatic heterocycles. The van der Waals surface area contributed by atoms with Crippen LogP contribution in [0.1, 0.15) is 25.3 Å². The first-order valence-corrected chi connectivity index (χ1v) is 6.08. The predicted octanol–water partition coefficient (Wildman–Crippen LogP) is 3.22. The molecule has 0 unspecified atom stereocenters. The first kappa shape index (κ1) is 11.4. The molecule has 0 spiro atoms. The van der Waals surface area contributed by atoms with E-state index in [9.17, 15) is 5.11 Å². The molecule has 4 atom stereocenters. The van der Waals surface area contributed by atoms with Gasteiger partial charge in [0.25, 0.3) is 0 Å². The van der Waals surface area contributed by atoms with Crippen molar-refractivity contribution in [3.05, 3.63) is 48.0 Å². The Bertz CT molecular complexity index is 355. The molecule has 0 fully saturated rings. The van der Waals surface area contributed by atoms with Gasteiger partial charge in [-0.2, -0.15) is 0 Å². The third-order valence-corrected chi connectivity index (χ3v) is 3.82. The molecule has 2 rings (SSSR count). The molecule has 0 aliphatic heterocycles. The minimum absolute atomic E-state index is 0.273. The zero-order valence-electron chi connectivity index (χ0n) is 10.0. The van der Waals surface area contributed by atoms with Gasteiger partial charge in [-0.1, -0.05) is 56.3 Å². The average molecular weight is 216 g/mol. The largest absolute Gasteiger partial charge is 0.396 e. The molecule has 1 aromatic rings. The van der Waals surface area contributed by atoms with Gasteiger partial charge in [0, 0.05) is 6.61 Å². The first-order valence-electron chi connectivity index (χ1n) is 6.08. The fourth-order valence-corrected chi connectivity index (χ4v) is 2.84. The molecule has 1 aliphatic carbocycles. The Morgan fingerprint density at radius 2 is 1.62 bits per heavy atom. The quantitative estimate of drug-likeness (QED) is 0.753. The van der Waals surface area contributed by atoms with Crippen LogP contribution < -0.4 is 0 Å². The molecule has 0 saturated heterocycles. The van der Waals surface area contributed by atoms with Crippen molar-refractivity contribution in [2.45, 2.75) is 19.8 Å². The van der Waals surface area contributed by atoms with Crippen LogP contribution in [0.5, 0.6) is 0 Å². The summed E-state index contributed by atoms with van der Waals surface area (Å²) >= 11 is 0. The lowest BCUT2D eigenvalue weighted by molar-refractivity contribution is 0.153. The maximum atomic E-state index is 9.58. The highest BCUT2D eigenvalue weighted by molar-refractivity contribution is 5.25. The van der Waals surface area contributed by atoms with Gasteiger partial charge in [-0.05, 0) is 29.2 Å². The summed E-state index contributed by atoms with van der Waals surface area (Å²) in [5, 5.41) is 9.58. The van der Waals surface area contributed by atoms with Gasteiger partial charge in [-0.25, -0.2) is 0 Å². The molecular formula is C15H20O. The van der Waals surface area contributed by atoms with E-state index in [2.05, 4.69) is 50.3 Å². The van der Waals surface area contributed by atoms with Crippen molar-refractivity contribution in [3.8, 4) is 0 Å². The van der Waals surface area contributed by atoms with Crippen LogP contribution in [0.15, 0.2) is 42.5 Å². The molecule has 0 heterocycles. The van der Waals surface area contributed by atoms with E-state index in [0.717, 1.165) is 0 Å². The minimum Gasteiger partial charge on any atom is -0.396 e. The van der Waals surface area contributed by atoms with E-state index < -0.39 is 0 Å². The van der Waals surface area contributed by atoms with Crippen LogP contribution in [0, 0.1) is 17.8 Å². The predicted molar refractivity (Wildman–Crippen MR) is 67.2 cm³/mol. The van der Waals surface area contributed by atoms with E-state index in [1.165, 1.54) is 5.56 Å². The van der Waals surface area contributed by atoms with Crippen LogP contribution in [-0.2, 0) is 0 Å². The molecule has 16 heavy (non-hydrogen) atoms. The summed E-state index contributed by atoms with van der Waals surface area (Å²) in [5.41, 5.74) is 1.35. The molecule has 1 N–H and O–H groups in total. The summed E-state index contributed by atoms with van der Waals surface area (Å²) in [7, 11) is 0. The smallest absolute Gasteiger partial charge is 0.0470 e. The molecule has 86 valence electrons. The summed E-state index contributed by atoms with van der Waals surface area (Å²) in [6, 6.07) is 10.6. The van der Waals surface area contributed by atoms with Crippen molar-refractivity contribution in [2.24, 2.45) is 17.8 Å². The lowest BCUT2D eigenvalue weighted by atomic mass is 9.69. The SMILES string of the molecule is C[C@@H]1C=C[C@H](C)[C@@H](CO)[C@@H]1c1ccccc1. The van der Waals surface area contributed by atoms with Crippen LogP contribution in [0.2, 0.25) is 0 Å². The molecule has 1 heteroatoms. The van der Waals surface area contributed by atoms with Crippen LogP contribution in [0.25, 0.3) is 0 Å². The van der Waals surface area contributed by atoms with E-state index in [-0.39, 0.29) is 6.61 Å². The number of benzene rings is 1. The van der Waals surface area contributed by atoms with Crippen molar-refractivity contribution < 1.29 is 5.11 Å². The van der Waals surface area contributed by atoms with Gasteiger partial charge in [-0.3, -0.25) is 0 Å². The molecule has 1 aromatic carbocycles. The standard InChI is InChI=1S/C15H20O/c1-11-8-9-12(2)15(14(11)10-16)13-6-4-3-5-7-13/h3-9,11-12,14-16H,10H2,1-2H3/t11-,12+,14+,15-/m0/s1. The zero-order valence-corrected chi connectivity index (χ0v) is 10.0. The number of rotatable bonds is 2. The van der Waals surface area contributed by atoms with Gasteiger partial charge < -0.3 is 5.11 Å². The Balaban J connectivity index is 2.34. The fraction of sp³-hybridized carbons (Fsp3) is 0.467. The van der Waals surface area contributed by atoms with Gasteiger partial charge in [0.2, 0.25) is 0 Å². The zero-order chi connectivity index (χ0) is 11.5. The number of allylic oxidation sites excluding steroid dienone is 2. The lowest BCUT2D eigenvalue weighted by Gasteiger charge is -2.36. The molecule has 1 aliphatic rings. The van der Waals surface area contributed by atoms with Gasteiger partial charge in [-0.15, -0.1) is 0 Å². The third-order valence-electron chi connectivity index (χ3n) is 3.82. The third kappa shape index (κ3) is 2.05. The Morgan fingerprint density at radius 1 is 1.00 bits per heavy atom. The van der Waals surface area contributed by atoms with Crippen molar-refractivity contribution >= 4 is 0 Å². The monoisotopic (exact) mass is 216 g/mol. The van der Waals surface area contributed by atoms with E-state index >= 15 is 0 Å². The summed E-state index contributed by atoms with van der Waals surface area (Å²) in [4.78, 5) is 0. The molecule has 0 saturated carbocycles. The number of aliphatic hydroxyl groups excluding tert-OH is 1. The number of hydrogen-bond acceptors (Lipinski definition) is 1. The van der Waals surface area contributed by atoms with Crippen molar-refractivity contribution in [1.29, 1.82) is 0 Å². The average Bonchev–Trinajstić information content (AvgIpc) is 2.33. The van der Waals surface area contributed by atoms with Crippen LogP contribution in [0.3, 0.4) is 0 Å². The Kier molecular flexibility index (Phi) is 3.45. The maximum Gasteiger partial charge on any atom is 0.0470 e. The molecule has 0 bridgehead atoms. The van der Waals surface area contributed by atoms with Crippen molar-refractivity contribution in [1.82, 2.24) is 0 Å². The van der Waals surface area contributed by atoms with Crippen LogP contribution >= 0.6 is 0 Å². The topological polar surface area (TPSA) is 20.2 Å². The summed E-state index contributed by atoms with van der Waals surface area (Å²) < 4.78 is 0. The molecule has 1 nitrogen and oxygen atoms in total. The highest BCUT2D eigenvalue weighted by Crippen LogP contribution is 2.40. The minimum atomic E-state index is 0.273. The van der Waals surface area contributed by atoms with E-state index in [1.54, 1.807) is 0 Å².